The highest BCUT2D eigenvalue weighted by Crippen LogP contribution is 2.24. The molecule has 0 aliphatic carbocycles. The summed E-state index contributed by atoms with van der Waals surface area (Å²) in [5.41, 5.74) is 1.33. The molecule has 1 aromatic carbocycles. The third-order valence-corrected chi connectivity index (χ3v) is 3.16. The van der Waals surface area contributed by atoms with Crippen molar-refractivity contribution in [2.24, 2.45) is 11.8 Å². The zero-order valence-electron chi connectivity index (χ0n) is 11.8. The van der Waals surface area contributed by atoms with Gasteiger partial charge < -0.3 is 9.84 Å². The van der Waals surface area contributed by atoms with Gasteiger partial charge in [-0.25, -0.2) is 0 Å². The molecule has 1 aromatic rings. The molecule has 1 rings (SSSR count). The zero-order valence-corrected chi connectivity index (χ0v) is 11.8. The van der Waals surface area contributed by atoms with Crippen LogP contribution in [0.1, 0.15) is 36.7 Å². The number of carbonyl (C=O) groups is 2. The summed E-state index contributed by atoms with van der Waals surface area (Å²) in [5.74, 6) is -1.94. The molecule has 1 atom stereocenters. The highest BCUT2D eigenvalue weighted by molar-refractivity contribution is 6.08. The normalized spacial score (nSPS) is 12.3. The summed E-state index contributed by atoms with van der Waals surface area (Å²) >= 11 is 0. The van der Waals surface area contributed by atoms with Crippen LogP contribution in [0.25, 0.3) is 0 Å². The Hall–Kier alpha value is -1.84. The van der Waals surface area contributed by atoms with Crippen molar-refractivity contribution in [1.29, 1.82) is 0 Å². The van der Waals surface area contributed by atoms with Crippen LogP contribution in [0.15, 0.2) is 18.2 Å². The highest BCUT2D eigenvalue weighted by Gasteiger charge is 2.30. The van der Waals surface area contributed by atoms with Crippen LogP contribution in [-0.4, -0.2) is 24.0 Å². The summed E-state index contributed by atoms with van der Waals surface area (Å²) in [6.45, 7) is 5.44. The standard InChI is InChI=1S/C15H20O4/c1-5-10-8-11(6-7-12(10)19-4)14(16)13(9(2)3)15(17)18/h6-9,13H,5H2,1-4H3,(H,17,18). The zero-order chi connectivity index (χ0) is 14.6. The number of hydrogen-bond acceptors (Lipinski definition) is 3. The third kappa shape index (κ3) is 3.34. The van der Waals surface area contributed by atoms with Crippen molar-refractivity contribution in [3.63, 3.8) is 0 Å². The molecule has 104 valence electrons. The molecular formula is C15H20O4. The van der Waals surface area contributed by atoms with Gasteiger partial charge in [0.15, 0.2) is 5.78 Å². The van der Waals surface area contributed by atoms with Crippen LogP contribution in [0.5, 0.6) is 5.75 Å². The van der Waals surface area contributed by atoms with E-state index in [1.165, 1.54) is 0 Å². The Labute approximate surface area is 113 Å². The summed E-state index contributed by atoms with van der Waals surface area (Å²) in [4.78, 5) is 23.5. The molecule has 0 saturated carbocycles. The molecule has 0 amide bonds. The van der Waals surface area contributed by atoms with E-state index in [-0.39, 0.29) is 11.7 Å². The van der Waals surface area contributed by atoms with E-state index in [2.05, 4.69) is 0 Å². The average molecular weight is 264 g/mol. The van der Waals surface area contributed by atoms with Crippen molar-refractivity contribution in [1.82, 2.24) is 0 Å². The lowest BCUT2D eigenvalue weighted by molar-refractivity contribution is -0.141. The van der Waals surface area contributed by atoms with Gasteiger partial charge in [-0.1, -0.05) is 20.8 Å². The maximum atomic E-state index is 12.3. The number of methoxy groups -OCH3 is 1. The number of aryl methyl sites for hydroxylation is 1. The minimum Gasteiger partial charge on any atom is -0.496 e. The fourth-order valence-electron chi connectivity index (χ4n) is 2.09. The molecule has 0 saturated heterocycles. The number of aliphatic carboxylic acids is 1. The number of Topliss-reactive ketones (excluding diaryl/α,β-unsaturated/α-hetero) is 1. The minimum absolute atomic E-state index is 0.239. The topological polar surface area (TPSA) is 63.6 Å². The van der Waals surface area contributed by atoms with Gasteiger partial charge in [-0.05, 0) is 36.1 Å². The van der Waals surface area contributed by atoms with Crippen LogP contribution in [-0.2, 0) is 11.2 Å². The number of carboxylic acid groups (broad SMARTS) is 1. The maximum absolute atomic E-state index is 12.3. The second kappa shape index (κ2) is 6.36. The summed E-state index contributed by atoms with van der Waals surface area (Å²) in [7, 11) is 1.57. The van der Waals surface area contributed by atoms with Gasteiger partial charge in [0.25, 0.3) is 0 Å². The molecule has 0 heterocycles. The van der Waals surface area contributed by atoms with E-state index in [4.69, 9.17) is 9.84 Å². The quantitative estimate of drug-likeness (QED) is 0.634. The van der Waals surface area contributed by atoms with Crippen molar-refractivity contribution in [2.75, 3.05) is 7.11 Å². The van der Waals surface area contributed by atoms with Gasteiger partial charge in [0.2, 0.25) is 0 Å². The molecule has 0 aliphatic heterocycles. The molecule has 4 nitrogen and oxygen atoms in total. The van der Waals surface area contributed by atoms with E-state index in [1.54, 1.807) is 39.2 Å². The van der Waals surface area contributed by atoms with Crippen LogP contribution in [0.4, 0.5) is 0 Å². The first-order valence-corrected chi connectivity index (χ1v) is 6.36. The lowest BCUT2D eigenvalue weighted by Gasteiger charge is -2.16. The number of rotatable bonds is 6. The molecule has 4 heteroatoms. The molecule has 1 unspecified atom stereocenters. The second-order valence-electron chi connectivity index (χ2n) is 4.80. The lowest BCUT2D eigenvalue weighted by Crippen LogP contribution is -2.28. The fraction of sp³-hybridized carbons (Fsp3) is 0.467. The predicted molar refractivity (Wildman–Crippen MR) is 72.7 cm³/mol. The predicted octanol–water partition coefficient (Wildman–Crippen LogP) is 2.80. The van der Waals surface area contributed by atoms with Crippen molar-refractivity contribution >= 4 is 11.8 Å². The Balaban J connectivity index is 3.15. The van der Waals surface area contributed by atoms with Crippen LogP contribution in [0, 0.1) is 11.8 Å². The summed E-state index contributed by atoms with van der Waals surface area (Å²) < 4.78 is 5.20. The van der Waals surface area contributed by atoms with Gasteiger partial charge >= 0.3 is 5.97 Å². The number of carbonyl (C=O) groups excluding carboxylic acids is 1. The van der Waals surface area contributed by atoms with Gasteiger partial charge in [0.05, 0.1) is 7.11 Å². The SMILES string of the molecule is CCc1cc(C(=O)C(C(=O)O)C(C)C)ccc1OC. The smallest absolute Gasteiger partial charge is 0.314 e. The highest BCUT2D eigenvalue weighted by atomic mass is 16.5. The van der Waals surface area contributed by atoms with Crippen LogP contribution in [0.2, 0.25) is 0 Å². The van der Waals surface area contributed by atoms with Gasteiger partial charge in [-0.2, -0.15) is 0 Å². The minimum atomic E-state index is -1.08. The van der Waals surface area contributed by atoms with Crippen LogP contribution >= 0.6 is 0 Å². The van der Waals surface area contributed by atoms with E-state index < -0.39 is 11.9 Å². The van der Waals surface area contributed by atoms with Gasteiger partial charge in [-0.15, -0.1) is 0 Å². The first kappa shape index (κ1) is 15.2. The van der Waals surface area contributed by atoms with Gasteiger partial charge in [0.1, 0.15) is 11.7 Å². The average Bonchev–Trinajstić information content (AvgIpc) is 2.36. The first-order chi connectivity index (χ1) is 8.92. The molecule has 19 heavy (non-hydrogen) atoms. The Morgan fingerprint density at radius 1 is 1.32 bits per heavy atom. The largest absolute Gasteiger partial charge is 0.496 e. The molecule has 0 spiro atoms. The molecule has 0 radical (unpaired) electrons. The number of ether oxygens (including phenoxy) is 1. The van der Waals surface area contributed by atoms with Gasteiger partial charge in [-0.3, -0.25) is 9.59 Å². The monoisotopic (exact) mass is 264 g/mol. The third-order valence-electron chi connectivity index (χ3n) is 3.16. The van der Waals surface area contributed by atoms with E-state index >= 15 is 0 Å². The van der Waals surface area contributed by atoms with E-state index in [1.807, 2.05) is 6.92 Å². The van der Waals surface area contributed by atoms with Crippen LogP contribution < -0.4 is 4.74 Å². The number of carboxylic acids is 1. The molecule has 0 bridgehead atoms. The maximum Gasteiger partial charge on any atom is 0.314 e. The summed E-state index contributed by atoms with van der Waals surface area (Å²) in [6, 6.07) is 5.06. The van der Waals surface area contributed by atoms with Crippen molar-refractivity contribution in [3.8, 4) is 5.75 Å². The Morgan fingerprint density at radius 3 is 2.37 bits per heavy atom. The Kier molecular flexibility index (Phi) is 5.10. The summed E-state index contributed by atoms with van der Waals surface area (Å²) in [5, 5.41) is 9.16. The Morgan fingerprint density at radius 2 is 1.95 bits per heavy atom. The van der Waals surface area contributed by atoms with Crippen molar-refractivity contribution < 1.29 is 19.4 Å². The van der Waals surface area contributed by atoms with E-state index in [0.29, 0.717) is 5.56 Å². The Bertz CT molecular complexity index is 477. The lowest BCUT2D eigenvalue weighted by atomic mass is 9.87. The van der Waals surface area contributed by atoms with E-state index in [0.717, 1.165) is 17.7 Å². The van der Waals surface area contributed by atoms with Crippen LogP contribution in [0.3, 0.4) is 0 Å². The van der Waals surface area contributed by atoms with E-state index in [9.17, 15) is 9.59 Å². The fourth-order valence-corrected chi connectivity index (χ4v) is 2.09. The number of benzene rings is 1. The summed E-state index contributed by atoms with van der Waals surface area (Å²) in [6.07, 6.45) is 0.726. The number of hydrogen-bond donors (Lipinski definition) is 1. The van der Waals surface area contributed by atoms with Crippen molar-refractivity contribution in [2.45, 2.75) is 27.2 Å². The molecule has 0 aromatic heterocycles. The second-order valence-corrected chi connectivity index (χ2v) is 4.80. The van der Waals surface area contributed by atoms with Crippen molar-refractivity contribution in [3.05, 3.63) is 29.3 Å². The van der Waals surface area contributed by atoms with Gasteiger partial charge in [0, 0.05) is 5.56 Å². The molecule has 0 fully saturated rings. The molecule has 1 N–H and O–H groups in total. The molecule has 0 aliphatic rings. The number of ketones is 1. The first-order valence-electron chi connectivity index (χ1n) is 6.36. The molecular weight excluding hydrogens is 244 g/mol.